The number of carbonyl (C=O) groups is 2. The minimum absolute atomic E-state index is 0.132. The first kappa shape index (κ1) is 16.7. The standard InChI is InChI=1S/C15H22N6O2/c1-9(2)21(8-12(16)22)15(23)13-10(3)18-19(5)14(13)20-7-6-17-11(20)4/h6-7,9H,8H2,1-5H3,(H2,16,22). The fourth-order valence-corrected chi connectivity index (χ4v) is 2.57. The van der Waals surface area contributed by atoms with Crippen molar-refractivity contribution in [1.82, 2.24) is 24.2 Å². The van der Waals surface area contributed by atoms with Crippen LogP contribution in [0.1, 0.15) is 35.7 Å². The Morgan fingerprint density at radius 3 is 2.48 bits per heavy atom. The molecule has 2 rings (SSSR count). The number of aromatic nitrogens is 4. The number of primary amides is 1. The quantitative estimate of drug-likeness (QED) is 0.870. The molecule has 0 spiro atoms. The zero-order valence-corrected chi connectivity index (χ0v) is 14.1. The highest BCUT2D eigenvalue weighted by atomic mass is 16.2. The van der Waals surface area contributed by atoms with Crippen LogP contribution in [0.2, 0.25) is 0 Å². The van der Waals surface area contributed by atoms with Crippen molar-refractivity contribution in [3.63, 3.8) is 0 Å². The van der Waals surface area contributed by atoms with E-state index in [0.717, 1.165) is 5.82 Å². The summed E-state index contributed by atoms with van der Waals surface area (Å²) in [6.07, 6.45) is 3.44. The molecule has 0 aliphatic rings. The van der Waals surface area contributed by atoms with Crippen LogP contribution in [-0.4, -0.2) is 48.6 Å². The fourth-order valence-electron chi connectivity index (χ4n) is 2.57. The molecule has 0 bridgehead atoms. The van der Waals surface area contributed by atoms with Gasteiger partial charge in [-0.3, -0.25) is 18.8 Å². The van der Waals surface area contributed by atoms with E-state index in [1.807, 2.05) is 20.8 Å². The third-order valence-electron chi connectivity index (χ3n) is 3.67. The van der Waals surface area contributed by atoms with Crippen LogP contribution in [-0.2, 0) is 11.8 Å². The van der Waals surface area contributed by atoms with Gasteiger partial charge in [0.2, 0.25) is 5.91 Å². The summed E-state index contributed by atoms with van der Waals surface area (Å²) in [7, 11) is 1.77. The summed E-state index contributed by atoms with van der Waals surface area (Å²) >= 11 is 0. The first-order valence-electron chi connectivity index (χ1n) is 7.37. The van der Waals surface area contributed by atoms with E-state index in [4.69, 9.17) is 5.73 Å². The number of nitrogens with zero attached hydrogens (tertiary/aromatic N) is 5. The number of carbonyl (C=O) groups excluding carboxylic acids is 2. The van der Waals surface area contributed by atoms with Gasteiger partial charge in [0.1, 0.15) is 17.2 Å². The largest absolute Gasteiger partial charge is 0.368 e. The Morgan fingerprint density at radius 1 is 1.35 bits per heavy atom. The van der Waals surface area contributed by atoms with Crippen LogP contribution in [0.5, 0.6) is 0 Å². The van der Waals surface area contributed by atoms with Gasteiger partial charge in [0, 0.05) is 25.5 Å². The number of rotatable bonds is 5. The SMILES string of the molecule is Cc1nn(C)c(-n2ccnc2C)c1C(=O)N(CC(N)=O)C(C)C. The van der Waals surface area contributed by atoms with Crippen LogP contribution in [0.4, 0.5) is 0 Å². The van der Waals surface area contributed by atoms with E-state index < -0.39 is 5.91 Å². The maximum Gasteiger partial charge on any atom is 0.260 e. The molecule has 0 aliphatic heterocycles. The van der Waals surface area contributed by atoms with Gasteiger partial charge in [-0.25, -0.2) is 4.98 Å². The summed E-state index contributed by atoms with van der Waals surface area (Å²) in [6, 6.07) is -0.161. The minimum Gasteiger partial charge on any atom is -0.368 e. The molecular formula is C15H22N6O2. The Balaban J connectivity index is 2.57. The average molecular weight is 318 g/mol. The normalized spacial score (nSPS) is 11.0. The van der Waals surface area contributed by atoms with Crippen molar-refractivity contribution in [2.45, 2.75) is 33.7 Å². The maximum atomic E-state index is 13.0. The molecule has 0 aromatic carbocycles. The zero-order chi connectivity index (χ0) is 17.3. The molecule has 2 amide bonds. The molecule has 2 aromatic heterocycles. The predicted molar refractivity (Wildman–Crippen MR) is 85.2 cm³/mol. The molecule has 8 heteroatoms. The van der Waals surface area contributed by atoms with Crippen LogP contribution in [0.3, 0.4) is 0 Å². The summed E-state index contributed by atoms with van der Waals surface area (Å²) in [5, 5.41) is 4.35. The fraction of sp³-hybridized carbons (Fsp3) is 0.467. The molecule has 0 saturated carbocycles. The summed E-state index contributed by atoms with van der Waals surface area (Å²) in [4.78, 5) is 30.0. The minimum atomic E-state index is -0.547. The number of amides is 2. The van der Waals surface area contributed by atoms with E-state index in [9.17, 15) is 9.59 Å². The predicted octanol–water partition coefficient (Wildman–Crippen LogP) is 0.559. The highest BCUT2D eigenvalue weighted by Crippen LogP contribution is 2.22. The maximum absolute atomic E-state index is 13.0. The van der Waals surface area contributed by atoms with Gasteiger partial charge in [-0.2, -0.15) is 5.10 Å². The van der Waals surface area contributed by atoms with E-state index >= 15 is 0 Å². The summed E-state index contributed by atoms with van der Waals surface area (Å²) in [5.41, 5.74) is 6.32. The van der Waals surface area contributed by atoms with Crippen molar-refractivity contribution in [3.8, 4) is 5.82 Å². The van der Waals surface area contributed by atoms with Crippen molar-refractivity contribution in [1.29, 1.82) is 0 Å². The van der Waals surface area contributed by atoms with E-state index in [1.165, 1.54) is 4.90 Å². The van der Waals surface area contributed by atoms with Crippen LogP contribution < -0.4 is 5.73 Å². The molecule has 2 aromatic rings. The molecular weight excluding hydrogens is 296 g/mol. The van der Waals surface area contributed by atoms with Gasteiger partial charge in [0.05, 0.1) is 12.2 Å². The second-order valence-corrected chi connectivity index (χ2v) is 5.75. The van der Waals surface area contributed by atoms with Gasteiger partial charge in [-0.15, -0.1) is 0 Å². The lowest BCUT2D eigenvalue weighted by atomic mass is 10.1. The second-order valence-electron chi connectivity index (χ2n) is 5.75. The number of hydrogen-bond acceptors (Lipinski definition) is 4. The Kier molecular flexibility index (Phi) is 4.53. The molecule has 0 saturated heterocycles. The van der Waals surface area contributed by atoms with Crippen LogP contribution in [0, 0.1) is 13.8 Å². The van der Waals surface area contributed by atoms with Crippen LogP contribution in [0.25, 0.3) is 5.82 Å². The molecule has 0 fully saturated rings. The van der Waals surface area contributed by atoms with Crippen LogP contribution >= 0.6 is 0 Å². The lowest BCUT2D eigenvalue weighted by Gasteiger charge is -2.25. The summed E-state index contributed by atoms with van der Waals surface area (Å²) in [5.74, 6) is 0.548. The molecule has 0 aliphatic carbocycles. The zero-order valence-electron chi connectivity index (χ0n) is 14.1. The number of imidazole rings is 1. The molecule has 23 heavy (non-hydrogen) atoms. The smallest absolute Gasteiger partial charge is 0.260 e. The molecule has 2 heterocycles. The van der Waals surface area contributed by atoms with Crippen molar-refractivity contribution in [2.75, 3.05) is 6.54 Å². The van der Waals surface area contributed by atoms with Gasteiger partial charge in [-0.05, 0) is 27.7 Å². The van der Waals surface area contributed by atoms with Crippen molar-refractivity contribution in [2.24, 2.45) is 12.8 Å². The highest BCUT2D eigenvalue weighted by molar-refractivity contribution is 6.00. The molecule has 124 valence electrons. The van der Waals surface area contributed by atoms with Gasteiger partial charge < -0.3 is 10.6 Å². The lowest BCUT2D eigenvalue weighted by Crippen LogP contribution is -2.43. The van der Waals surface area contributed by atoms with Crippen molar-refractivity contribution < 1.29 is 9.59 Å². The van der Waals surface area contributed by atoms with Gasteiger partial charge >= 0.3 is 0 Å². The average Bonchev–Trinajstić information content (AvgIpc) is 2.97. The Labute approximate surface area is 134 Å². The first-order chi connectivity index (χ1) is 10.7. The van der Waals surface area contributed by atoms with E-state index in [2.05, 4.69) is 10.1 Å². The van der Waals surface area contributed by atoms with E-state index in [1.54, 1.807) is 35.6 Å². The molecule has 0 atom stereocenters. The van der Waals surface area contributed by atoms with Gasteiger partial charge in [-0.1, -0.05) is 0 Å². The van der Waals surface area contributed by atoms with Crippen molar-refractivity contribution in [3.05, 3.63) is 29.5 Å². The Morgan fingerprint density at radius 2 is 2.00 bits per heavy atom. The Bertz CT molecular complexity index is 743. The summed E-state index contributed by atoms with van der Waals surface area (Å²) < 4.78 is 3.44. The first-order valence-corrected chi connectivity index (χ1v) is 7.37. The lowest BCUT2D eigenvalue weighted by molar-refractivity contribution is -0.119. The second kappa shape index (κ2) is 6.23. The summed E-state index contributed by atoms with van der Waals surface area (Å²) in [6.45, 7) is 7.17. The highest BCUT2D eigenvalue weighted by Gasteiger charge is 2.28. The molecule has 2 N–H and O–H groups in total. The van der Waals surface area contributed by atoms with Gasteiger partial charge in [0.15, 0.2) is 0 Å². The molecule has 0 unspecified atom stereocenters. The molecule has 0 radical (unpaired) electrons. The monoisotopic (exact) mass is 318 g/mol. The topological polar surface area (TPSA) is 99.0 Å². The van der Waals surface area contributed by atoms with E-state index in [0.29, 0.717) is 17.1 Å². The number of aryl methyl sites for hydroxylation is 3. The third kappa shape index (κ3) is 3.10. The third-order valence-corrected chi connectivity index (χ3v) is 3.67. The van der Waals surface area contributed by atoms with E-state index in [-0.39, 0.29) is 18.5 Å². The molecule has 8 nitrogen and oxygen atoms in total. The number of hydrogen-bond donors (Lipinski definition) is 1. The number of nitrogens with two attached hydrogens (primary N) is 1. The van der Waals surface area contributed by atoms with Crippen molar-refractivity contribution >= 4 is 11.8 Å². The Hall–Kier alpha value is -2.64. The van der Waals surface area contributed by atoms with Gasteiger partial charge in [0.25, 0.3) is 5.91 Å². The van der Waals surface area contributed by atoms with Crippen LogP contribution in [0.15, 0.2) is 12.4 Å².